The lowest BCUT2D eigenvalue weighted by Crippen LogP contribution is -2.01. The Morgan fingerprint density at radius 1 is 0.365 bits per heavy atom. The molecule has 6 nitrogen and oxygen atoms in total. The summed E-state index contributed by atoms with van der Waals surface area (Å²) in [5.74, 6) is 1.89. The molecule has 0 bridgehead atoms. The minimum Gasteiger partial charge on any atom is -0.308 e. The Labute approximate surface area is 297 Å². The van der Waals surface area contributed by atoms with Crippen molar-refractivity contribution in [1.82, 2.24) is 28.9 Å². The molecule has 0 spiro atoms. The number of hydrogen-bond donors (Lipinski definition) is 0. The lowest BCUT2D eigenvalue weighted by molar-refractivity contribution is 1.07. The van der Waals surface area contributed by atoms with Crippen molar-refractivity contribution in [3.8, 4) is 39.9 Å². The zero-order valence-electron chi connectivity index (χ0n) is 27.8. The van der Waals surface area contributed by atoms with Gasteiger partial charge in [0.1, 0.15) is 5.65 Å². The first-order chi connectivity index (χ1) is 25.8. The number of nitrogens with zero attached hydrogens (tertiary/aromatic N) is 6. The van der Waals surface area contributed by atoms with Crippen LogP contribution in [0.1, 0.15) is 0 Å². The second-order valence-electron chi connectivity index (χ2n) is 13.1. The van der Waals surface area contributed by atoms with Crippen molar-refractivity contribution in [2.45, 2.75) is 0 Å². The van der Waals surface area contributed by atoms with Gasteiger partial charge in [0.15, 0.2) is 17.5 Å². The second-order valence-corrected chi connectivity index (χ2v) is 13.1. The number of rotatable bonds is 4. The highest BCUT2D eigenvalue weighted by Gasteiger charge is 2.21. The van der Waals surface area contributed by atoms with Crippen molar-refractivity contribution < 1.29 is 0 Å². The van der Waals surface area contributed by atoms with Gasteiger partial charge in [-0.05, 0) is 41.8 Å². The van der Waals surface area contributed by atoms with Crippen LogP contribution in [0.5, 0.6) is 0 Å². The number of hydrogen-bond acceptors (Lipinski definition) is 4. The van der Waals surface area contributed by atoms with E-state index in [2.05, 4.69) is 118 Å². The fraction of sp³-hybridized carbons (Fsp3) is 0. The molecule has 4 aromatic heterocycles. The predicted molar refractivity (Wildman–Crippen MR) is 212 cm³/mol. The second kappa shape index (κ2) is 11.2. The van der Waals surface area contributed by atoms with E-state index in [-0.39, 0.29) is 0 Å². The number of fused-ring (bicyclic) bond motifs is 12. The van der Waals surface area contributed by atoms with E-state index in [1.54, 1.807) is 0 Å². The SMILES string of the molecule is c1ccc(-c2nc(-c3ccccc3)nc(-c3cccc(-n4c5ccccc5c5ccc6c7ccccc7n7c8ccccc8nc7c6c54)c3)n2)cc1. The van der Waals surface area contributed by atoms with E-state index in [1.165, 1.54) is 21.5 Å². The van der Waals surface area contributed by atoms with Gasteiger partial charge < -0.3 is 4.57 Å². The number of benzene rings is 7. The minimum atomic E-state index is 0.619. The highest BCUT2D eigenvalue weighted by molar-refractivity contribution is 6.27. The smallest absolute Gasteiger partial charge is 0.164 e. The molecule has 6 heteroatoms. The van der Waals surface area contributed by atoms with Gasteiger partial charge >= 0.3 is 0 Å². The molecule has 0 aliphatic rings. The molecule has 11 aromatic rings. The van der Waals surface area contributed by atoms with Crippen molar-refractivity contribution in [2.75, 3.05) is 0 Å². The molecule has 0 aliphatic heterocycles. The van der Waals surface area contributed by atoms with Crippen molar-refractivity contribution >= 4 is 60.2 Å². The fourth-order valence-electron chi connectivity index (χ4n) is 7.83. The van der Waals surface area contributed by atoms with Gasteiger partial charge in [0.05, 0.1) is 33.0 Å². The molecule has 0 saturated carbocycles. The molecule has 4 heterocycles. The lowest BCUT2D eigenvalue weighted by atomic mass is 10.0. The molecule has 7 aromatic carbocycles. The molecule has 0 saturated heterocycles. The first-order valence-corrected chi connectivity index (χ1v) is 17.4. The molecule has 0 N–H and O–H groups in total. The number of imidazole rings is 1. The van der Waals surface area contributed by atoms with Crippen LogP contribution < -0.4 is 0 Å². The van der Waals surface area contributed by atoms with Gasteiger partial charge in [-0.3, -0.25) is 4.40 Å². The molecular formula is C46H28N6. The molecule has 0 fully saturated rings. The highest BCUT2D eigenvalue weighted by Crippen LogP contribution is 2.42. The van der Waals surface area contributed by atoms with E-state index in [1.807, 2.05) is 60.7 Å². The largest absolute Gasteiger partial charge is 0.308 e. The zero-order valence-corrected chi connectivity index (χ0v) is 27.8. The predicted octanol–water partition coefficient (Wildman–Crippen LogP) is 11.1. The summed E-state index contributed by atoms with van der Waals surface area (Å²) in [5.41, 5.74) is 10.2. The van der Waals surface area contributed by atoms with Crippen LogP contribution in [0, 0.1) is 0 Å². The van der Waals surface area contributed by atoms with Gasteiger partial charge in [0.2, 0.25) is 0 Å². The number of aromatic nitrogens is 6. The summed E-state index contributed by atoms with van der Waals surface area (Å²) >= 11 is 0. The van der Waals surface area contributed by atoms with Crippen molar-refractivity contribution in [1.29, 1.82) is 0 Å². The van der Waals surface area contributed by atoms with Crippen LogP contribution in [0.2, 0.25) is 0 Å². The molecule has 0 atom stereocenters. The van der Waals surface area contributed by atoms with Crippen LogP contribution in [0.25, 0.3) is 100 Å². The van der Waals surface area contributed by atoms with Gasteiger partial charge in [0.25, 0.3) is 0 Å². The van der Waals surface area contributed by atoms with Gasteiger partial charge in [-0.25, -0.2) is 19.9 Å². The Balaban J connectivity index is 1.23. The molecule has 0 radical (unpaired) electrons. The quantitative estimate of drug-likeness (QED) is 0.176. The summed E-state index contributed by atoms with van der Waals surface area (Å²) in [4.78, 5) is 20.3. The maximum absolute atomic E-state index is 5.31. The monoisotopic (exact) mass is 664 g/mol. The van der Waals surface area contributed by atoms with E-state index in [9.17, 15) is 0 Å². The van der Waals surface area contributed by atoms with Gasteiger partial charge in [-0.1, -0.05) is 133 Å². The summed E-state index contributed by atoms with van der Waals surface area (Å²) < 4.78 is 4.72. The van der Waals surface area contributed by atoms with E-state index in [0.29, 0.717) is 17.5 Å². The van der Waals surface area contributed by atoms with Crippen LogP contribution in [0.4, 0.5) is 0 Å². The summed E-state index contributed by atoms with van der Waals surface area (Å²) in [6, 6.07) is 59.0. The maximum atomic E-state index is 5.31. The van der Waals surface area contributed by atoms with E-state index >= 15 is 0 Å². The average Bonchev–Trinajstić information content (AvgIpc) is 3.78. The third-order valence-corrected chi connectivity index (χ3v) is 10.1. The van der Waals surface area contributed by atoms with E-state index < -0.39 is 0 Å². The van der Waals surface area contributed by atoms with E-state index in [4.69, 9.17) is 19.9 Å². The van der Waals surface area contributed by atoms with Crippen molar-refractivity contribution in [3.05, 3.63) is 170 Å². The Morgan fingerprint density at radius 3 is 1.62 bits per heavy atom. The molecule has 0 aliphatic carbocycles. The molecule has 0 unspecified atom stereocenters. The number of para-hydroxylation sites is 4. The highest BCUT2D eigenvalue weighted by atomic mass is 15.0. The first kappa shape index (κ1) is 28.6. The van der Waals surface area contributed by atoms with Crippen molar-refractivity contribution in [2.24, 2.45) is 0 Å². The summed E-state index contributed by atoms with van der Waals surface area (Å²) in [6.07, 6.45) is 0. The lowest BCUT2D eigenvalue weighted by Gasteiger charge is -2.14. The van der Waals surface area contributed by atoms with Crippen LogP contribution in [-0.4, -0.2) is 28.9 Å². The zero-order chi connectivity index (χ0) is 34.2. The topological polar surface area (TPSA) is 60.9 Å². The van der Waals surface area contributed by atoms with Gasteiger partial charge in [-0.2, -0.15) is 0 Å². The minimum absolute atomic E-state index is 0.619. The molecule has 0 amide bonds. The fourth-order valence-corrected chi connectivity index (χ4v) is 7.83. The Hall–Kier alpha value is -7.18. The Bertz CT molecular complexity index is 3120. The first-order valence-electron chi connectivity index (χ1n) is 17.4. The molecule has 11 rings (SSSR count). The molecule has 242 valence electrons. The van der Waals surface area contributed by atoms with Crippen LogP contribution in [0.3, 0.4) is 0 Å². The third kappa shape index (κ3) is 4.25. The van der Waals surface area contributed by atoms with Gasteiger partial charge in [0, 0.05) is 38.5 Å². The molecule has 52 heavy (non-hydrogen) atoms. The number of pyridine rings is 1. The summed E-state index contributed by atoms with van der Waals surface area (Å²) in [6.45, 7) is 0. The Morgan fingerprint density at radius 2 is 0.904 bits per heavy atom. The standard InChI is InChI=1S/C46H28N6/c1-3-14-29(15-4-1)43-48-44(30-16-5-2-6-17-30)50-45(49-43)31-18-13-19-32(28-31)51-38-23-10-8-21-34(38)36-27-26-35-33-20-7-11-24-39(33)52-40-25-12-9-22-37(40)47-46(52)41(35)42(36)51/h1-28H. The van der Waals surface area contributed by atoms with Crippen LogP contribution in [-0.2, 0) is 0 Å². The third-order valence-electron chi connectivity index (χ3n) is 10.1. The normalized spacial score (nSPS) is 11.8. The average molecular weight is 665 g/mol. The summed E-state index contributed by atoms with van der Waals surface area (Å²) in [7, 11) is 0. The van der Waals surface area contributed by atoms with Crippen molar-refractivity contribution in [3.63, 3.8) is 0 Å². The van der Waals surface area contributed by atoms with Crippen LogP contribution >= 0.6 is 0 Å². The van der Waals surface area contributed by atoms with E-state index in [0.717, 1.165) is 61.0 Å². The molecular weight excluding hydrogens is 637 g/mol. The Kier molecular flexibility index (Phi) is 6.15. The maximum Gasteiger partial charge on any atom is 0.164 e. The van der Waals surface area contributed by atoms with Gasteiger partial charge in [-0.15, -0.1) is 0 Å². The summed E-state index contributed by atoms with van der Waals surface area (Å²) in [5, 5.41) is 5.84. The van der Waals surface area contributed by atoms with Crippen LogP contribution in [0.15, 0.2) is 170 Å².